The minimum atomic E-state index is 0.618. The van der Waals surface area contributed by atoms with Crippen LogP contribution in [0.5, 0.6) is 0 Å². The van der Waals surface area contributed by atoms with E-state index in [4.69, 9.17) is 9.78 Å². The summed E-state index contributed by atoms with van der Waals surface area (Å²) >= 11 is 1.94. The predicted octanol–water partition coefficient (Wildman–Crippen LogP) is 7.92. The molecule has 0 radical (unpaired) electrons. The minimum Gasteiger partial charge on any atom is -0.338 e. The van der Waals surface area contributed by atoms with Crippen LogP contribution >= 0.6 is 11.8 Å². The standard InChI is InChI=1S/C26H38O2S/c1-6-24(16-17-25-14-12-23(4)13-15-25)21-26(7-2)28-27-19-10-8-9-11-22(3)18-20-29-5/h6-7,12-17,21-22H,1,8-11,18-20H2,2-5H3/b17-16+,24-21+,26-7+. The first kappa shape index (κ1) is 25.3. The molecule has 0 saturated heterocycles. The molecule has 1 atom stereocenters. The normalized spacial score (nSPS) is 13.7. The summed E-state index contributed by atoms with van der Waals surface area (Å²) in [5, 5.41) is 0. The van der Waals surface area contributed by atoms with Gasteiger partial charge in [-0.1, -0.05) is 80.8 Å². The summed E-state index contributed by atoms with van der Waals surface area (Å²) in [7, 11) is 0. The van der Waals surface area contributed by atoms with Gasteiger partial charge in [0.15, 0.2) is 5.76 Å². The van der Waals surface area contributed by atoms with Gasteiger partial charge in [-0.05, 0) is 67.9 Å². The van der Waals surface area contributed by atoms with Gasteiger partial charge in [0.05, 0.1) is 6.61 Å². The Labute approximate surface area is 182 Å². The van der Waals surface area contributed by atoms with E-state index in [-0.39, 0.29) is 0 Å². The van der Waals surface area contributed by atoms with Gasteiger partial charge in [-0.25, -0.2) is 0 Å². The molecule has 29 heavy (non-hydrogen) atoms. The van der Waals surface area contributed by atoms with Gasteiger partial charge in [0.1, 0.15) is 0 Å². The first-order valence-corrected chi connectivity index (χ1v) is 12.0. The van der Waals surface area contributed by atoms with Crippen LogP contribution in [0.4, 0.5) is 0 Å². The van der Waals surface area contributed by atoms with Gasteiger partial charge in [0, 0.05) is 0 Å². The molecule has 1 rings (SSSR count). The molecule has 1 unspecified atom stereocenters. The molecule has 0 saturated carbocycles. The summed E-state index contributed by atoms with van der Waals surface area (Å²) in [6.07, 6.45) is 18.0. The van der Waals surface area contributed by atoms with Gasteiger partial charge in [-0.15, -0.1) is 0 Å². The summed E-state index contributed by atoms with van der Waals surface area (Å²) in [6.45, 7) is 10.9. The average Bonchev–Trinajstić information content (AvgIpc) is 2.74. The van der Waals surface area contributed by atoms with Crippen molar-refractivity contribution in [2.45, 2.75) is 52.9 Å². The molecule has 0 fully saturated rings. The second kappa shape index (κ2) is 16.1. The van der Waals surface area contributed by atoms with Crippen LogP contribution in [-0.4, -0.2) is 18.6 Å². The van der Waals surface area contributed by atoms with Crippen LogP contribution in [0.15, 0.2) is 66.5 Å². The monoisotopic (exact) mass is 414 g/mol. The lowest BCUT2D eigenvalue weighted by atomic mass is 10.0. The van der Waals surface area contributed by atoms with E-state index >= 15 is 0 Å². The van der Waals surface area contributed by atoms with Crippen LogP contribution in [0, 0.1) is 12.8 Å². The van der Waals surface area contributed by atoms with E-state index in [2.05, 4.69) is 57.0 Å². The Kier molecular flexibility index (Phi) is 14.1. The molecule has 0 bridgehead atoms. The number of rotatable bonds is 15. The molecule has 0 amide bonds. The molecular weight excluding hydrogens is 376 g/mol. The number of aryl methyl sites for hydroxylation is 1. The number of unbranched alkanes of at least 4 members (excludes halogenated alkanes) is 2. The van der Waals surface area contributed by atoms with E-state index in [1.165, 1.54) is 37.0 Å². The molecule has 0 aromatic heterocycles. The van der Waals surface area contributed by atoms with Gasteiger partial charge < -0.3 is 4.89 Å². The predicted molar refractivity (Wildman–Crippen MR) is 130 cm³/mol. The Hall–Kier alpha value is -1.71. The van der Waals surface area contributed by atoms with Gasteiger partial charge in [-0.3, -0.25) is 0 Å². The second-order valence-corrected chi connectivity index (χ2v) is 8.41. The third-order valence-corrected chi connectivity index (χ3v) is 5.41. The Morgan fingerprint density at radius 2 is 1.90 bits per heavy atom. The van der Waals surface area contributed by atoms with Crippen LogP contribution in [0.25, 0.3) is 6.08 Å². The smallest absolute Gasteiger partial charge is 0.161 e. The molecule has 0 N–H and O–H groups in total. The van der Waals surface area contributed by atoms with Gasteiger partial charge in [0.25, 0.3) is 0 Å². The molecule has 160 valence electrons. The number of benzene rings is 1. The fourth-order valence-corrected chi connectivity index (χ4v) is 3.41. The Morgan fingerprint density at radius 1 is 1.14 bits per heavy atom. The summed E-state index contributed by atoms with van der Waals surface area (Å²) < 4.78 is 0. The largest absolute Gasteiger partial charge is 0.338 e. The van der Waals surface area contributed by atoms with Crippen LogP contribution in [0.3, 0.4) is 0 Å². The lowest BCUT2D eigenvalue weighted by Crippen LogP contribution is -1.99. The van der Waals surface area contributed by atoms with E-state index in [0.29, 0.717) is 12.4 Å². The Balaban J connectivity index is 2.32. The Bertz CT molecular complexity index is 656. The van der Waals surface area contributed by atoms with Crippen molar-refractivity contribution in [1.82, 2.24) is 0 Å². The number of allylic oxidation sites excluding steroid dienone is 5. The maximum absolute atomic E-state index is 5.47. The van der Waals surface area contributed by atoms with Crippen molar-refractivity contribution in [3.8, 4) is 0 Å². The zero-order valence-electron chi connectivity index (χ0n) is 18.7. The second-order valence-electron chi connectivity index (χ2n) is 7.42. The maximum Gasteiger partial charge on any atom is 0.161 e. The van der Waals surface area contributed by atoms with Crippen molar-refractivity contribution in [2.75, 3.05) is 18.6 Å². The van der Waals surface area contributed by atoms with Crippen LogP contribution < -0.4 is 0 Å². The topological polar surface area (TPSA) is 18.5 Å². The number of thioether (sulfide) groups is 1. The van der Waals surface area contributed by atoms with E-state index < -0.39 is 0 Å². The molecular formula is C26H38O2S. The minimum absolute atomic E-state index is 0.618. The Morgan fingerprint density at radius 3 is 2.55 bits per heavy atom. The van der Waals surface area contributed by atoms with Crippen LogP contribution in [0.2, 0.25) is 0 Å². The van der Waals surface area contributed by atoms with E-state index in [1.807, 2.05) is 43.0 Å². The lowest BCUT2D eigenvalue weighted by Gasteiger charge is -2.10. The molecule has 0 aliphatic carbocycles. The molecule has 1 aromatic carbocycles. The third kappa shape index (κ3) is 12.5. The van der Waals surface area contributed by atoms with Crippen molar-refractivity contribution >= 4 is 17.8 Å². The summed E-state index contributed by atoms with van der Waals surface area (Å²) in [6, 6.07) is 8.42. The number of hydrogen-bond acceptors (Lipinski definition) is 3. The van der Waals surface area contributed by atoms with E-state index in [0.717, 1.165) is 23.5 Å². The molecule has 2 nitrogen and oxygen atoms in total. The van der Waals surface area contributed by atoms with Crippen LogP contribution in [0.1, 0.15) is 57.1 Å². The zero-order valence-corrected chi connectivity index (χ0v) is 19.5. The average molecular weight is 415 g/mol. The highest BCUT2D eigenvalue weighted by molar-refractivity contribution is 7.98. The molecule has 0 spiro atoms. The highest BCUT2D eigenvalue weighted by Gasteiger charge is 2.02. The van der Waals surface area contributed by atoms with Gasteiger partial charge >= 0.3 is 0 Å². The maximum atomic E-state index is 5.47. The van der Waals surface area contributed by atoms with E-state index in [1.54, 1.807) is 0 Å². The first-order chi connectivity index (χ1) is 14.1. The highest BCUT2D eigenvalue weighted by atomic mass is 32.2. The fraction of sp³-hybridized carbons (Fsp3) is 0.462. The van der Waals surface area contributed by atoms with Crippen molar-refractivity contribution in [2.24, 2.45) is 5.92 Å². The van der Waals surface area contributed by atoms with Crippen molar-refractivity contribution in [1.29, 1.82) is 0 Å². The zero-order chi connectivity index (χ0) is 21.3. The van der Waals surface area contributed by atoms with Crippen LogP contribution in [-0.2, 0) is 9.78 Å². The lowest BCUT2D eigenvalue weighted by molar-refractivity contribution is -0.258. The van der Waals surface area contributed by atoms with Crippen molar-refractivity contribution in [3.05, 3.63) is 77.6 Å². The SMILES string of the molecule is C=CC(/C=C/c1ccc(C)cc1)=C\C(=C/C)OOCCCCCC(C)CCSC. The summed E-state index contributed by atoms with van der Waals surface area (Å²) in [4.78, 5) is 10.9. The molecule has 0 aliphatic heterocycles. The number of hydrogen-bond donors (Lipinski definition) is 0. The highest BCUT2D eigenvalue weighted by Crippen LogP contribution is 2.16. The third-order valence-electron chi connectivity index (χ3n) is 4.77. The van der Waals surface area contributed by atoms with Gasteiger partial charge in [-0.2, -0.15) is 16.6 Å². The molecule has 0 aliphatic rings. The van der Waals surface area contributed by atoms with Crippen molar-refractivity contribution < 1.29 is 9.78 Å². The molecule has 3 heteroatoms. The summed E-state index contributed by atoms with van der Waals surface area (Å²) in [5.74, 6) is 2.79. The first-order valence-electron chi connectivity index (χ1n) is 10.6. The fourth-order valence-electron chi connectivity index (χ4n) is 2.77. The quantitative estimate of drug-likeness (QED) is 0.0954. The molecule has 0 heterocycles. The molecule has 1 aromatic rings. The summed E-state index contributed by atoms with van der Waals surface area (Å²) in [5.41, 5.74) is 3.39. The van der Waals surface area contributed by atoms with E-state index in [9.17, 15) is 0 Å². The van der Waals surface area contributed by atoms with Gasteiger partial charge in [0.2, 0.25) is 0 Å². The van der Waals surface area contributed by atoms with Crippen molar-refractivity contribution in [3.63, 3.8) is 0 Å².